The van der Waals surface area contributed by atoms with E-state index in [-0.39, 0.29) is 26.6 Å². The molecule has 0 aliphatic rings. The average Bonchev–Trinajstić information content (AvgIpc) is 3.22. The Hall–Kier alpha value is -3.37. The fraction of sp³-hybridized carbons (Fsp3) is 0.0476. The van der Waals surface area contributed by atoms with Gasteiger partial charge in [-0.15, -0.1) is 0 Å². The molecule has 164 valence electrons. The Labute approximate surface area is 186 Å². The van der Waals surface area contributed by atoms with Gasteiger partial charge in [0, 0.05) is 6.07 Å². The zero-order chi connectivity index (χ0) is 22.9. The molecule has 0 atom stereocenters. The highest BCUT2D eigenvalue weighted by Crippen LogP contribution is 2.31. The molecule has 4 aromatic rings. The Morgan fingerprint density at radius 3 is 2.22 bits per heavy atom. The Morgan fingerprint density at radius 1 is 0.875 bits per heavy atom. The quantitative estimate of drug-likeness (QED) is 0.358. The highest BCUT2D eigenvalue weighted by Gasteiger charge is 2.30. The number of aromatic amines is 1. The van der Waals surface area contributed by atoms with Gasteiger partial charge in [0.2, 0.25) is 9.84 Å². The third kappa shape index (κ3) is 4.61. The van der Waals surface area contributed by atoms with Gasteiger partial charge >= 0.3 is 6.18 Å². The number of benzene rings is 2. The van der Waals surface area contributed by atoms with E-state index >= 15 is 0 Å². The number of nitrogens with zero attached hydrogens (tertiary/aromatic N) is 2. The molecule has 2 aromatic carbocycles. The van der Waals surface area contributed by atoms with Crippen LogP contribution in [-0.4, -0.2) is 23.6 Å². The maximum Gasteiger partial charge on any atom is 0.416 e. The van der Waals surface area contributed by atoms with Crippen molar-refractivity contribution in [1.29, 1.82) is 0 Å². The van der Waals surface area contributed by atoms with E-state index in [1.54, 1.807) is 24.3 Å². The second kappa shape index (κ2) is 8.29. The number of nitrogens with one attached hydrogen (secondary N) is 2. The van der Waals surface area contributed by atoms with Crippen molar-refractivity contribution in [3.63, 3.8) is 0 Å². The van der Waals surface area contributed by atoms with Crippen molar-refractivity contribution < 1.29 is 21.6 Å². The summed E-state index contributed by atoms with van der Waals surface area (Å²) in [5.41, 5.74) is 0.194. The molecule has 0 aliphatic heterocycles. The smallest absolute Gasteiger partial charge is 0.323 e. The average molecular weight is 479 g/mol. The fourth-order valence-corrected chi connectivity index (χ4v) is 4.53. The molecule has 2 N–H and O–H groups in total. The van der Waals surface area contributed by atoms with Crippen LogP contribution in [0.5, 0.6) is 0 Å². The van der Waals surface area contributed by atoms with E-state index in [1.807, 2.05) is 0 Å². The first-order valence-corrected chi connectivity index (χ1v) is 11.0. The topological polar surface area (TPSA) is 87.7 Å². The minimum atomic E-state index is -4.42. The zero-order valence-corrected chi connectivity index (χ0v) is 17.6. The second-order valence-electron chi connectivity index (χ2n) is 6.69. The van der Waals surface area contributed by atoms with Crippen molar-refractivity contribution in [3.05, 3.63) is 83.5 Å². The van der Waals surface area contributed by atoms with E-state index in [1.165, 1.54) is 36.4 Å². The number of rotatable bonds is 5. The third-order valence-electron chi connectivity index (χ3n) is 4.49. The molecule has 0 amide bonds. The Kier molecular flexibility index (Phi) is 5.66. The van der Waals surface area contributed by atoms with E-state index in [2.05, 4.69) is 20.5 Å². The van der Waals surface area contributed by atoms with Crippen LogP contribution < -0.4 is 5.32 Å². The first kappa shape index (κ1) is 21.8. The van der Waals surface area contributed by atoms with Crippen molar-refractivity contribution in [2.75, 3.05) is 5.32 Å². The van der Waals surface area contributed by atoms with E-state index in [9.17, 15) is 21.6 Å². The first-order valence-electron chi connectivity index (χ1n) is 9.11. The van der Waals surface area contributed by atoms with Crippen molar-refractivity contribution in [2.45, 2.75) is 16.0 Å². The normalized spacial score (nSPS) is 12.0. The monoisotopic (exact) mass is 478 g/mol. The maximum absolute atomic E-state index is 12.9. The standard InChI is InChI=1S/C21H14ClF3N4O2S/c22-18-10-16(32(30,31)15-4-2-1-3-5-15)11-19(26-18)27-20-12-17(28-29-20)13-6-8-14(9-7-13)21(23,24)25/h1-12H,(H2,26,27,28,29). The van der Waals surface area contributed by atoms with Crippen LogP contribution in [0.1, 0.15) is 5.56 Å². The molecule has 2 aromatic heterocycles. The van der Waals surface area contributed by atoms with Gasteiger partial charge in [0.15, 0.2) is 5.82 Å². The molecule has 0 aliphatic carbocycles. The summed E-state index contributed by atoms with van der Waals surface area (Å²) in [4.78, 5) is 4.13. The Bertz CT molecular complexity index is 1360. The van der Waals surface area contributed by atoms with Gasteiger partial charge in [-0.2, -0.15) is 18.3 Å². The van der Waals surface area contributed by atoms with Gasteiger partial charge in [0.25, 0.3) is 0 Å². The number of aromatic nitrogens is 3. The van der Waals surface area contributed by atoms with Crippen LogP contribution in [0.15, 0.2) is 82.6 Å². The molecule has 4 rings (SSSR count). The predicted molar refractivity (Wildman–Crippen MR) is 113 cm³/mol. The van der Waals surface area contributed by atoms with Crippen LogP contribution in [0.3, 0.4) is 0 Å². The van der Waals surface area contributed by atoms with Crippen molar-refractivity contribution >= 4 is 33.1 Å². The summed E-state index contributed by atoms with van der Waals surface area (Å²) >= 11 is 6.03. The summed E-state index contributed by atoms with van der Waals surface area (Å²) in [7, 11) is -3.81. The van der Waals surface area contributed by atoms with Gasteiger partial charge in [-0.1, -0.05) is 41.9 Å². The van der Waals surface area contributed by atoms with Crippen molar-refractivity contribution in [1.82, 2.24) is 15.2 Å². The number of hydrogen-bond donors (Lipinski definition) is 2. The molecule has 32 heavy (non-hydrogen) atoms. The van der Waals surface area contributed by atoms with E-state index in [0.717, 1.165) is 12.1 Å². The number of anilines is 2. The van der Waals surface area contributed by atoms with Crippen LogP contribution in [0.2, 0.25) is 5.15 Å². The van der Waals surface area contributed by atoms with Gasteiger partial charge in [-0.05, 0) is 42.0 Å². The number of sulfone groups is 1. The highest BCUT2D eigenvalue weighted by atomic mass is 35.5. The van der Waals surface area contributed by atoms with Crippen molar-refractivity contribution in [3.8, 4) is 11.3 Å². The minimum absolute atomic E-state index is 0.0389. The van der Waals surface area contributed by atoms with Crippen LogP contribution in [-0.2, 0) is 16.0 Å². The zero-order valence-electron chi connectivity index (χ0n) is 16.1. The van der Waals surface area contributed by atoms with Crippen LogP contribution >= 0.6 is 11.6 Å². The van der Waals surface area contributed by atoms with E-state index in [4.69, 9.17) is 11.6 Å². The molecule has 0 radical (unpaired) electrons. The molecule has 0 saturated heterocycles. The summed E-state index contributed by atoms with van der Waals surface area (Å²) in [6, 6.07) is 16.6. The summed E-state index contributed by atoms with van der Waals surface area (Å²) in [5, 5.41) is 9.57. The predicted octanol–water partition coefficient (Wildman–Crippen LogP) is 5.72. The van der Waals surface area contributed by atoms with Gasteiger partial charge < -0.3 is 5.32 Å². The molecule has 0 fully saturated rings. The summed E-state index contributed by atoms with van der Waals surface area (Å²) in [6.45, 7) is 0. The SMILES string of the molecule is O=S(=O)(c1ccccc1)c1cc(Cl)nc(Nc2cc(-c3ccc(C(F)(F)F)cc3)[nH]n2)c1. The lowest BCUT2D eigenvalue weighted by Crippen LogP contribution is -2.04. The number of hydrogen-bond acceptors (Lipinski definition) is 5. The summed E-state index contributed by atoms with van der Waals surface area (Å²) in [5.74, 6) is 0.412. The number of pyridine rings is 1. The number of halogens is 4. The lowest BCUT2D eigenvalue weighted by molar-refractivity contribution is -0.137. The minimum Gasteiger partial charge on any atom is -0.323 e. The van der Waals surface area contributed by atoms with Gasteiger partial charge in [0.1, 0.15) is 11.0 Å². The third-order valence-corrected chi connectivity index (χ3v) is 6.43. The Morgan fingerprint density at radius 2 is 1.56 bits per heavy atom. The molecule has 0 bridgehead atoms. The second-order valence-corrected chi connectivity index (χ2v) is 9.03. The summed E-state index contributed by atoms with van der Waals surface area (Å²) < 4.78 is 63.9. The first-order chi connectivity index (χ1) is 15.1. The Balaban J connectivity index is 1.59. The molecule has 0 unspecified atom stereocenters. The molecule has 6 nitrogen and oxygen atoms in total. The highest BCUT2D eigenvalue weighted by molar-refractivity contribution is 7.91. The van der Waals surface area contributed by atoms with Gasteiger partial charge in [0.05, 0.1) is 21.0 Å². The molecule has 2 heterocycles. The van der Waals surface area contributed by atoms with Crippen LogP contribution in [0.4, 0.5) is 24.8 Å². The van der Waals surface area contributed by atoms with Gasteiger partial charge in [-0.3, -0.25) is 5.10 Å². The number of H-pyrrole nitrogens is 1. The number of alkyl halides is 3. The molecule has 11 heteroatoms. The van der Waals surface area contributed by atoms with Crippen molar-refractivity contribution in [2.24, 2.45) is 0 Å². The van der Waals surface area contributed by atoms with E-state index < -0.39 is 21.6 Å². The molecular formula is C21H14ClF3N4O2S. The lowest BCUT2D eigenvalue weighted by Gasteiger charge is -2.08. The fourth-order valence-electron chi connectivity index (χ4n) is 2.93. The largest absolute Gasteiger partial charge is 0.416 e. The summed E-state index contributed by atoms with van der Waals surface area (Å²) in [6.07, 6.45) is -4.42. The van der Waals surface area contributed by atoms with Crippen LogP contribution in [0, 0.1) is 0 Å². The molecular weight excluding hydrogens is 465 g/mol. The van der Waals surface area contributed by atoms with E-state index in [0.29, 0.717) is 11.3 Å². The van der Waals surface area contributed by atoms with Crippen LogP contribution in [0.25, 0.3) is 11.3 Å². The lowest BCUT2D eigenvalue weighted by atomic mass is 10.1. The molecule has 0 saturated carbocycles. The molecule has 0 spiro atoms. The maximum atomic E-state index is 12.9. The van der Waals surface area contributed by atoms with Gasteiger partial charge in [-0.25, -0.2) is 13.4 Å².